The van der Waals surface area contributed by atoms with Gasteiger partial charge in [-0.15, -0.1) is 0 Å². The van der Waals surface area contributed by atoms with E-state index in [9.17, 15) is 4.79 Å². The van der Waals surface area contributed by atoms with E-state index in [0.717, 1.165) is 12.8 Å². The predicted octanol–water partition coefficient (Wildman–Crippen LogP) is 1.57. The fraction of sp³-hybridized carbons (Fsp3) is 0.583. The summed E-state index contributed by atoms with van der Waals surface area (Å²) in [5, 5.41) is 11.5. The Hall–Kier alpha value is -1.29. The fourth-order valence-corrected chi connectivity index (χ4v) is 1.57. The molecule has 0 aliphatic carbocycles. The van der Waals surface area contributed by atoms with E-state index in [0.29, 0.717) is 12.2 Å². The average Bonchev–Trinajstić information content (AvgIpc) is 2.73. The molecule has 0 saturated carbocycles. The van der Waals surface area contributed by atoms with Crippen LogP contribution in [0.4, 0.5) is 0 Å². The van der Waals surface area contributed by atoms with Crippen molar-refractivity contribution in [2.45, 2.75) is 32.7 Å². The largest absolute Gasteiger partial charge is 0.396 e. The molecule has 0 aliphatic heterocycles. The molecule has 1 amide bonds. The molecule has 0 spiro atoms. The van der Waals surface area contributed by atoms with E-state index in [1.807, 2.05) is 36.7 Å². The molecule has 0 unspecified atom stereocenters. The van der Waals surface area contributed by atoms with Gasteiger partial charge in [-0.2, -0.15) is 0 Å². The molecular weight excluding hydrogens is 204 g/mol. The molecule has 1 aromatic rings. The van der Waals surface area contributed by atoms with Crippen molar-refractivity contribution >= 4 is 5.91 Å². The van der Waals surface area contributed by atoms with Gasteiger partial charge in [0.05, 0.1) is 0 Å². The number of carbonyl (C=O) groups excluding carboxylic acids is 1. The van der Waals surface area contributed by atoms with Crippen LogP contribution in [0.1, 0.15) is 43.2 Å². The monoisotopic (exact) mass is 224 g/mol. The van der Waals surface area contributed by atoms with Gasteiger partial charge in [0.25, 0.3) is 5.91 Å². The highest BCUT2D eigenvalue weighted by Crippen LogP contribution is 2.10. The van der Waals surface area contributed by atoms with E-state index in [4.69, 9.17) is 5.11 Å². The van der Waals surface area contributed by atoms with Crippen LogP contribution in [-0.4, -0.2) is 28.7 Å². The first-order chi connectivity index (χ1) is 7.66. The summed E-state index contributed by atoms with van der Waals surface area (Å²) in [4.78, 5) is 11.8. The average molecular weight is 224 g/mol. The van der Waals surface area contributed by atoms with Crippen LogP contribution in [-0.2, 0) is 0 Å². The third-order valence-electron chi connectivity index (χ3n) is 2.44. The van der Waals surface area contributed by atoms with Crippen LogP contribution in [0, 0.1) is 0 Å². The Bertz CT molecular complexity index is 332. The first-order valence-electron chi connectivity index (χ1n) is 5.72. The van der Waals surface area contributed by atoms with Crippen molar-refractivity contribution in [2.24, 2.45) is 0 Å². The van der Waals surface area contributed by atoms with Crippen molar-refractivity contribution in [3.63, 3.8) is 0 Å². The molecule has 0 saturated heterocycles. The van der Waals surface area contributed by atoms with E-state index in [2.05, 4.69) is 5.32 Å². The molecule has 4 nitrogen and oxygen atoms in total. The second kappa shape index (κ2) is 6.33. The molecule has 2 N–H and O–H groups in total. The van der Waals surface area contributed by atoms with Crippen LogP contribution in [0.15, 0.2) is 18.3 Å². The zero-order valence-corrected chi connectivity index (χ0v) is 9.94. The molecule has 0 atom stereocenters. The van der Waals surface area contributed by atoms with Gasteiger partial charge in [0, 0.05) is 25.4 Å². The van der Waals surface area contributed by atoms with Crippen LogP contribution in [0.5, 0.6) is 0 Å². The van der Waals surface area contributed by atoms with Crippen LogP contribution < -0.4 is 5.32 Å². The number of amides is 1. The summed E-state index contributed by atoms with van der Waals surface area (Å²) in [5.74, 6) is -0.0448. The summed E-state index contributed by atoms with van der Waals surface area (Å²) >= 11 is 0. The maximum absolute atomic E-state index is 11.8. The van der Waals surface area contributed by atoms with E-state index in [1.165, 1.54) is 0 Å². The molecule has 0 aliphatic rings. The smallest absolute Gasteiger partial charge is 0.267 e. The SMILES string of the molecule is CC(C)n1cccc1C(=O)NCCCCO. The van der Waals surface area contributed by atoms with E-state index in [-0.39, 0.29) is 18.6 Å². The molecule has 0 bridgehead atoms. The number of aliphatic hydroxyl groups is 1. The van der Waals surface area contributed by atoms with Crippen molar-refractivity contribution in [3.8, 4) is 0 Å². The lowest BCUT2D eigenvalue weighted by Gasteiger charge is -2.12. The number of nitrogens with zero attached hydrogens (tertiary/aromatic N) is 1. The maximum atomic E-state index is 11.8. The molecule has 4 heteroatoms. The Balaban J connectivity index is 2.49. The van der Waals surface area contributed by atoms with Crippen LogP contribution in [0.2, 0.25) is 0 Å². The van der Waals surface area contributed by atoms with Crippen LogP contribution in [0.25, 0.3) is 0 Å². The number of rotatable bonds is 6. The van der Waals surface area contributed by atoms with Gasteiger partial charge < -0.3 is 15.0 Å². The second-order valence-corrected chi connectivity index (χ2v) is 4.08. The van der Waals surface area contributed by atoms with Crippen molar-refractivity contribution in [2.75, 3.05) is 13.2 Å². The van der Waals surface area contributed by atoms with Gasteiger partial charge >= 0.3 is 0 Å². The van der Waals surface area contributed by atoms with Gasteiger partial charge in [-0.05, 0) is 38.8 Å². The lowest BCUT2D eigenvalue weighted by Crippen LogP contribution is -2.27. The van der Waals surface area contributed by atoms with Gasteiger partial charge in [0.1, 0.15) is 5.69 Å². The number of unbranched alkanes of at least 4 members (excludes halogenated alkanes) is 1. The predicted molar refractivity (Wildman–Crippen MR) is 63.5 cm³/mol. The van der Waals surface area contributed by atoms with Gasteiger partial charge in [0.2, 0.25) is 0 Å². The standard InChI is InChI=1S/C12H20N2O2/c1-10(2)14-8-5-6-11(14)12(16)13-7-3-4-9-15/h5-6,8,10,15H,3-4,7,9H2,1-2H3,(H,13,16). The Morgan fingerprint density at radius 1 is 1.50 bits per heavy atom. The lowest BCUT2D eigenvalue weighted by molar-refractivity contribution is 0.0941. The van der Waals surface area contributed by atoms with Crippen molar-refractivity contribution in [3.05, 3.63) is 24.0 Å². The highest BCUT2D eigenvalue weighted by Gasteiger charge is 2.11. The molecular formula is C12H20N2O2. The highest BCUT2D eigenvalue weighted by molar-refractivity contribution is 5.92. The van der Waals surface area contributed by atoms with E-state index >= 15 is 0 Å². The Morgan fingerprint density at radius 3 is 2.88 bits per heavy atom. The summed E-state index contributed by atoms with van der Waals surface area (Å²) in [6.07, 6.45) is 3.45. The molecule has 1 aromatic heterocycles. The van der Waals surface area contributed by atoms with E-state index < -0.39 is 0 Å². The van der Waals surface area contributed by atoms with Gasteiger partial charge in [-0.25, -0.2) is 0 Å². The maximum Gasteiger partial charge on any atom is 0.267 e. The summed E-state index contributed by atoms with van der Waals surface area (Å²) in [6, 6.07) is 3.98. The first kappa shape index (κ1) is 12.8. The minimum atomic E-state index is -0.0448. The lowest BCUT2D eigenvalue weighted by atomic mass is 10.3. The molecule has 90 valence electrons. The minimum Gasteiger partial charge on any atom is -0.396 e. The first-order valence-corrected chi connectivity index (χ1v) is 5.72. The molecule has 1 heterocycles. The molecule has 0 radical (unpaired) electrons. The summed E-state index contributed by atoms with van der Waals surface area (Å²) < 4.78 is 1.95. The summed E-state index contributed by atoms with van der Waals surface area (Å²) in [6.45, 7) is 4.88. The number of aliphatic hydroxyl groups excluding tert-OH is 1. The quantitative estimate of drug-likeness (QED) is 0.721. The van der Waals surface area contributed by atoms with Crippen molar-refractivity contribution in [1.29, 1.82) is 0 Å². The van der Waals surface area contributed by atoms with Crippen molar-refractivity contribution < 1.29 is 9.90 Å². The Morgan fingerprint density at radius 2 is 2.25 bits per heavy atom. The third kappa shape index (κ3) is 3.38. The van der Waals surface area contributed by atoms with Gasteiger partial charge in [-0.3, -0.25) is 4.79 Å². The molecule has 0 aromatic carbocycles. The van der Waals surface area contributed by atoms with E-state index in [1.54, 1.807) is 0 Å². The minimum absolute atomic E-state index is 0.0448. The van der Waals surface area contributed by atoms with Gasteiger partial charge in [0.15, 0.2) is 0 Å². The molecule has 0 fully saturated rings. The van der Waals surface area contributed by atoms with Crippen molar-refractivity contribution in [1.82, 2.24) is 9.88 Å². The zero-order chi connectivity index (χ0) is 12.0. The highest BCUT2D eigenvalue weighted by atomic mass is 16.2. The number of carbonyl (C=O) groups is 1. The second-order valence-electron chi connectivity index (χ2n) is 4.08. The number of hydrogen-bond acceptors (Lipinski definition) is 2. The fourth-order valence-electron chi connectivity index (χ4n) is 1.57. The number of nitrogens with one attached hydrogen (secondary N) is 1. The Kier molecular flexibility index (Phi) is 5.05. The van der Waals surface area contributed by atoms with Crippen LogP contribution in [0.3, 0.4) is 0 Å². The normalized spacial score (nSPS) is 10.8. The zero-order valence-electron chi connectivity index (χ0n) is 9.94. The van der Waals surface area contributed by atoms with Crippen LogP contribution >= 0.6 is 0 Å². The molecule has 16 heavy (non-hydrogen) atoms. The summed E-state index contributed by atoms with van der Waals surface area (Å²) in [7, 11) is 0. The molecule has 1 rings (SSSR count). The number of hydrogen-bond donors (Lipinski definition) is 2. The number of aromatic nitrogens is 1. The topological polar surface area (TPSA) is 54.3 Å². The summed E-state index contributed by atoms with van der Waals surface area (Å²) in [5.41, 5.74) is 0.694. The van der Waals surface area contributed by atoms with Gasteiger partial charge in [-0.1, -0.05) is 0 Å². The third-order valence-corrected chi connectivity index (χ3v) is 2.44. The Labute approximate surface area is 96.3 Å².